The van der Waals surface area contributed by atoms with Crippen LogP contribution in [0.2, 0.25) is 0 Å². The largest absolute Gasteiger partial charge is 0.433 e. The number of anilines is 2. The number of rotatable bonds is 8. The highest BCUT2D eigenvalue weighted by molar-refractivity contribution is 5.93. The first kappa shape index (κ1) is 27.7. The van der Waals surface area contributed by atoms with E-state index in [1.54, 1.807) is 12.2 Å². The van der Waals surface area contributed by atoms with E-state index in [9.17, 15) is 26.3 Å². The normalized spacial score (nSPS) is 12.4. The fraction of sp³-hybridized carbons (Fsp3) is 0.185. The zero-order chi connectivity index (χ0) is 28.4. The zero-order valence-electron chi connectivity index (χ0n) is 20.3. The van der Waals surface area contributed by atoms with Crippen LogP contribution in [0.3, 0.4) is 0 Å². The Hall–Kier alpha value is -4.32. The molecule has 0 bridgehead atoms. The van der Waals surface area contributed by atoms with E-state index in [1.807, 2.05) is 0 Å². The average molecular weight is 545 g/mol. The number of nitrogens with zero attached hydrogens (tertiary/aromatic N) is 4. The van der Waals surface area contributed by atoms with Gasteiger partial charge in [-0.2, -0.15) is 26.3 Å². The molecule has 0 aliphatic carbocycles. The van der Waals surface area contributed by atoms with Crippen molar-refractivity contribution in [1.29, 1.82) is 0 Å². The Morgan fingerprint density at radius 2 is 1.59 bits per heavy atom. The Morgan fingerprint density at radius 1 is 0.872 bits per heavy atom. The SMILES string of the molecule is C=CCC(N)(CC=C)c1nc(Nc2ccc(C(F)(F)F)nc2)c2ccc(-c3ncccc3C(F)(F)F)cc2n1. The summed E-state index contributed by atoms with van der Waals surface area (Å²) in [7, 11) is 0. The number of alkyl halides is 6. The van der Waals surface area contributed by atoms with E-state index in [2.05, 4.69) is 38.4 Å². The van der Waals surface area contributed by atoms with Gasteiger partial charge in [0.25, 0.3) is 0 Å². The van der Waals surface area contributed by atoms with Crippen LogP contribution in [-0.2, 0) is 17.9 Å². The molecule has 202 valence electrons. The van der Waals surface area contributed by atoms with Crippen LogP contribution < -0.4 is 11.1 Å². The molecular formula is C27H22F6N6. The van der Waals surface area contributed by atoms with E-state index in [-0.39, 0.29) is 46.9 Å². The highest BCUT2D eigenvalue weighted by Crippen LogP contribution is 2.38. The fourth-order valence-corrected chi connectivity index (χ4v) is 4.01. The van der Waals surface area contributed by atoms with Crippen molar-refractivity contribution in [2.75, 3.05) is 5.32 Å². The van der Waals surface area contributed by atoms with Gasteiger partial charge in [0.15, 0.2) is 5.82 Å². The van der Waals surface area contributed by atoms with Gasteiger partial charge in [0.2, 0.25) is 0 Å². The lowest BCUT2D eigenvalue weighted by atomic mass is 9.91. The van der Waals surface area contributed by atoms with Gasteiger partial charge >= 0.3 is 12.4 Å². The first-order valence-corrected chi connectivity index (χ1v) is 11.5. The lowest BCUT2D eigenvalue weighted by Gasteiger charge is -2.26. The average Bonchev–Trinajstić information content (AvgIpc) is 2.88. The van der Waals surface area contributed by atoms with Crippen molar-refractivity contribution in [3.05, 3.63) is 97.2 Å². The van der Waals surface area contributed by atoms with Crippen molar-refractivity contribution in [3.8, 4) is 11.3 Å². The van der Waals surface area contributed by atoms with E-state index in [0.717, 1.165) is 18.3 Å². The van der Waals surface area contributed by atoms with Crippen LogP contribution in [0.5, 0.6) is 0 Å². The first-order valence-electron chi connectivity index (χ1n) is 11.5. The molecule has 0 saturated carbocycles. The minimum absolute atomic E-state index is 0.131. The molecule has 3 N–H and O–H groups in total. The predicted octanol–water partition coefficient (Wildman–Crippen LogP) is 7.17. The molecule has 0 radical (unpaired) electrons. The molecule has 3 heterocycles. The number of fused-ring (bicyclic) bond motifs is 1. The molecule has 0 amide bonds. The minimum atomic E-state index is -4.64. The summed E-state index contributed by atoms with van der Waals surface area (Å²) in [5, 5.41) is 3.31. The van der Waals surface area contributed by atoms with Gasteiger partial charge in [-0.1, -0.05) is 18.2 Å². The molecule has 3 aromatic heterocycles. The molecule has 1 aromatic carbocycles. The van der Waals surface area contributed by atoms with Crippen molar-refractivity contribution in [3.63, 3.8) is 0 Å². The molecule has 0 spiro atoms. The summed E-state index contributed by atoms with van der Waals surface area (Å²) < 4.78 is 79.8. The topological polar surface area (TPSA) is 89.6 Å². The Morgan fingerprint density at radius 3 is 2.18 bits per heavy atom. The number of nitrogens with one attached hydrogen (secondary N) is 1. The number of hydrogen-bond donors (Lipinski definition) is 2. The Bertz CT molecular complexity index is 1500. The van der Waals surface area contributed by atoms with Crippen molar-refractivity contribution in [1.82, 2.24) is 19.9 Å². The molecule has 0 atom stereocenters. The monoisotopic (exact) mass is 544 g/mol. The second kappa shape index (κ2) is 10.4. The van der Waals surface area contributed by atoms with Crippen molar-refractivity contribution in [2.45, 2.75) is 30.7 Å². The van der Waals surface area contributed by atoms with Gasteiger partial charge in [0.05, 0.1) is 34.2 Å². The zero-order valence-corrected chi connectivity index (χ0v) is 20.3. The number of halogens is 6. The Labute approximate surface area is 219 Å². The molecule has 0 aliphatic rings. The highest BCUT2D eigenvalue weighted by atomic mass is 19.4. The van der Waals surface area contributed by atoms with Crippen LogP contribution in [0.1, 0.15) is 29.9 Å². The van der Waals surface area contributed by atoms with Gasteiger partial charge < -0.3 is 11.1 Å². The maximum Gasteiger partial charge on any atom is 0.433 e. The van der Waals surface area contributed by atoms with Gasteiger partial charge in [0, 0.05) is 17.1 Å². The van der Waals surface area contributed by atoms with Crippen LogP contribution >= 0.6 is 0 Å². The summed E-state index contributed by atoms with van der Waals surface area (Å²) in [5.74, 6) is 0.300. The van der Waals surface area contributed by atoms with E-state index in [4.69, 9.17) is 5.73 Å². The van der Waals surface area contributed by atoms with Crippen LogP contribution in [0.25, 0.3) is 22.2 Å². The minimum Gasteiger partial charge on any atom is -0.338 e. The third-order valence-corrected chi connectivity index (χ3v) is 5.86. The maximum atomic E-state index is 13.7. The van der Waals surface area contributed by atoms with Crippen LogP contribution in [0.15, 0.2) is 80.2 Å². The molecule has 0 aliphatic heterocycles. The summed E-state index contributed by atoms with van der Waals surface area (Å²) in [4.78, 5) is 16.5. The lowest BCUT2D eigenvalue weighted by Crippen LogP contribution is -2.37. The number of benzene rings is 1. The van der Waals surface area contributed by atoms with E-state index >= 15 is 0 Å². The second-order valence-corrected chi connectivity index (χ2v) is 8.72. The van der Waals surface area contributed by atoms with Gasteiger partial charge in [0.1, 0.15) is 11.5 Å². The molecular weight excluding hydrogens is 522 g/mol. The Balaban J connectivity index is 1.90. The summed E-state index contributed by atoms with van der Waals surface area (Å²) in [5.41, 5.74) is 3.74. The second-order valence-electron chi connectivity index (χ2n) is 8.72. The number of hydrogen-bond acceptors (Lipinski definition) is 6. The molecule has 39 heavy (non-hydrogen) atoms. The van der Waals surface area contributed by atoms with Crippen LogP contribution in [0.4, 0.5) is 37.8 Å². The van der Waals surface area contributed by atoms with Gasteiger partial charge in [-0.15, -0.1) is 13.2 Å². The Kier molecular flexibility index (Phi) is 7.42. The third-order valence-electron chi connectivity index (χ3n) is 5.86. The molecule has 0 saturated heterocycles. The van der Waals surface area contributed by atoms with Crippen molar-refractivity contribution >= 4 is 22.4 Å². The van der Waals surface area contributed by atoms with Gasteiger partial charge in [-0.05, 0) is 49.2 Å². The summed E-state index contributed by atoms with van der Waals surface area (Å²) in [6, 6.07) is 8.49. The predicted molar refractivity (Wildman–Crippen MR) is 136 cm³/mol. The van der Waals surface area contributed by atoms with Gasteiger partial charge in [-0.3, -0.25) is 4.98 Å². The summed E-state index contributed by atoms with van der Waals surface area (Å²) in [6.07, 6.45) is -3.38. The van der Waals surface area contributed by atoms with E-state index < -0.39 is 29.1 Å². The molecule has 4 aromatic rings. The van der Waals surface area contributed by atoms with Crippen molar-refractivity contribution in [2.24, 2.45) is 5.73 Å². The standard InChI is InChI=1S/C27H22F6N6/c1-3-11-25(34,12-4-2)24-38-20-14-16(22-19(26(28,29)30)6-5-13-35-22)7-9-18(20)23(39-24)37-17-8-10-21(36-15-17)27(31,32)33/h3-10,13-15H,1-2,11-12,34H2,(H,37,38,39). The smallest absolute Gasteiger partial charge is 0.338 e. The maximum absolute atomic E-state index is 13.7. The quantitative estimate of drug-likeness (QED) is 0.181. The molecule has 12 heteroatoms. The van der Waals surface area contributed by atoms with Gasteiger partial charge in [-0.25, -0.2) is 15.0 Å². The highest BCUT2D eigenvalue weighted by Gasteiger charge is 2.35. The molecule has 0 unspecified atom stereocenters. The molecule has 6 nitrogen and oxygen atoms in total. The number of nitrogens with two attached hydrogens (primary N) is 1. The van der Waals surface area contributed by atoms with Crippen LogP contribution in [0, 0.1) is 0 Å². The number of aromatic nitrogens is 4. The van der Waals surface area contributed by atoms with Crippen LogP contribution in [-0.4, -0.2) is 19.9 Å². The molecule has 0 fully saturated rings. The van der Waals surface area contributed by atoms with Crippen molar-refractivity contribution < 1.29 is 26.3 Å². The van der Waals surface area contributed by atoms with E-state index in [1.165, 1.54) is 36.5 Å². The number of pyridine rings is 2. The summed E-state index contributed by atoms with van der Waals surface area (Å²) in [6.45, 7) is 7.44. The van der Waals surface area contributed by atoms with E-state index in [0.29, 0.717) is 5.39 Å². The summed E-state index contributed by atoms with van der Waals surface area (Å²) >= 11 is 0. The third kappa shape index (κ3) is 5.90. The first-order chi connectivity index (χ1) is 18.4. The molecule has 4 rings (SSSR count). The lowest BCUT2D eigenvalue weighted by molar-refractivity contribution is -0.141. The fourth-order valence-electron chi connectivity index (χ4n) is 4.01.